The molecule has 0 bridgehead atoms. The van der Waals surface area contributed by atoms with Gasteiger partial charge in [0.1, 0.15) is 5.82 Å². The zero-order valence-corrected chi connectivity index (χ0v) is 21.5. The lowest BCUT2D eigenvalue weighted by molar-refractivity contribution is -0.118. The lowest BCUT2D eigenvalue weighted by atomic mass is 9.93. The van der Waals surface area contributed by atoms with Crippen LogP contribution in [0.4, 0.5) is 0 Å². The lowest BCUT2D eigenvalue weighted by Crippen LogP contribution is -2.36. The average Bonchev–Trinajstić information content (AvgIpc) is 3.72. The fraction of sp³-hybridized carbons (Fsp3) is 0.387. The smallest absolute Gasteiger partial charge is 0.247 e. The maximum Gasteiger partial charge on any atom is 0.247 e. The van der Waals surface area contributed by atoms with E-state index in [1.165, 1.54) is 11.1 Å². The van der Waals surface area contributed by atoms with Crippen LogP contribution >= 0.6 is 0 Å². The number of fused-ring (bicyclic) bond motifs is 1. The fourth-order valence-electron chi connectivity index (χ4n) is 5.05. The molecular weight excluding hydrogens is 446 g/mol. The Hall–Kier alpha value is -3.47. The molecule has 5 heteroatoms. The summed E-state index contributed by atoms with van der Waals surface area (Å²) in [6.45, 7) is 10.1. The molecule has 4 rings (SSSR count). The molecule has 1 heterocycles. The maximum atomic E-state index is 13.0. The van der Waals surface area contributed by atoms with E-state index in [0.29, 0.717) is 36.2 Å². The molecule has 5 nitrogen and oxygen atoms in total. The van der Waals surface area contributed by atoms with Gasteiger partial charge in [-0.15, -0.1) is 0 Å². The first-order valence-electron chi connectivity index (χ1n) is 13.1. The van der Waals surface area contributed by atoms with E-state index in [9.17, 15) is 9.59 Å². The van der Waals surface area contributed by atoms with E-state index in [-0.39, 0.29) is 17.6 Å². The van der Waals surface area contributed by atoms with E-state index in [1.807, 2.05) is 26.0 Å². The summed E-state index contributed by atoms with van der Waals surface area (Å²) in [6, 6.07) is 10.4. The van der Waals surface area contributed by atoms with Gasteiger partial charge < -0.3 is 10.2 Å². The number of nitrogens with zero attached hydrogens (tertiary/aromatic N) is 2. The number of aliphatic imine (C=N–C) groups is 1. The van der Waals surface area contributed by atoms with Crippen LogP contribution in [-0.2, 0) is 9.59 Å². The number of allylic oxidation sites excluding steroid dienone is 5. The van der Waals surface area contributed by atoms with Crippen molar-refractivity contribution in [1.29, 1.82) is 0 Å². The van der Waals surface area contributed by atoms with Gasteiger partial charge in [0.15, 0.2) is 5.78 Å². The highest BCUT2D eigenvalue weighted by atomic mass is 16.1. The van der Waals surface area contributed by atoms with E-state index in [4.69, 9.17) is 0 Å². The molecule has 3 unspecified atom stereocenters. The highest BCUT2D eigenvalue weighted by Gasteiger charge is 2.46. The van der Waals surface area contributed by atoms with Crippen molar-refractivity contribution in [2.75, 3.05) is 19.6 Å². The number of rotatable bonds is 10. The predicted octanol–water partition coefficient (Wildman–Crippen LogP) is 5.50. The summed E-state index contributed by atoms with van der Waals surface area (Å²) >= 11 is 0. The standard InChI is InChI=1S/C31H37N3O2/c1-4-11-30(35)24(5-2)20-32-22(3)34-17-10-9-12-23(21-34)19-33-31(36)27-16-15-26(28-18-29(27)28)25-13-7-6-8-14-25/h5-9,12-16,20,23,28-29H,3-4,10-11,17-19,21H2,1-2H3,(H,33,36)/b24-5+,32-20-. The summed E-state index contributed by atoms with van der Waals surface area (Å²) < 4.78 is 0. The van der Waals surface area contributed by atoms with Crippen molar-refractivity contribution in [3.63, 3.8) is 0 Å². The molecule has 1 aliphatic heterocycles. The van der Waals surface area contributed by atoms with Gasteiger partial charge in [0, 0.05) is 49.3 Å². The molecule has 1 fully saturated rings. The third-order valence-electron chi connectivity index (χ3n) is 7.18. The minimum absolute atomic E-state index is 0.0408. The minimum atomic E-state index is 0.0408. The number of carbonyl (C=O) groups excluding carboxylic acids is 2. The molecular formula is C31H37N3O2. The number of ketones is 1. The van der Waals surface area contributed by atoms with Gasteiger partial charge in [-0.1, -0.05) is 74.2 Å². The van der Waals surface area contributed by atoms with Crippen LogP contribution in [0.3, 0.4) is 0 Å². The molecule has 3 aliphatic rings. The average molecular weight is 484 g/mol. The normalized spacial score (nSPS) is 23.4. The molecule has 36 heavy (non-hydrogen) atoms. The van der Waals surface area contributed by atoms with E-state index in [2.05, 4.69) is 64.3 Å². The SMILES string of the molecule is C=C(/N=C\C(=C/C)C(=O)CCC)N1CCC=CC(CNC(=O)C2=CC=C(c3ccccc3)C3CC23)C1. The van der Waals surface area contributed by atoms with Crippen molar-refractivity contribution in [3.05, 3.63) is 89.8 Å². The van der Waals surface area contributed by atoms with Gasteiger partial charge in [0.05, 0.1) is 0 Å². The number of amides is 1. The summed E-state index contributed by atoms with van der Waals surface area (Å²) in [5.41, 5.74) is 4.12. The van der Waals surface area contributed by atoms with Crippen LogP contribution in [0.2, 0.25) is 0 Å². The topological polar surface area (TPSA) is 61.8 Å². The first kappa shape index (κ1) is 25.6. The molecule has 1 N–H and O–H groups in total. The molecule has 0 aromatic heterocycles. The highest BCUT2D eigenvalue weighted by Crippen LogP contribution is 2.54. The lowest BCUT2D eigenvalue weighted by Gasteiger charge is -2.26. The summed E-state index contributed by atoms with van der Waals surface area (Å²) in [5, 5.41) is 3.17. The van der Waals surface area contributed by atoms with Gasteiger partial charge in [-0.3, -0.25) is 9.59 Å². The van der Waals surface area contributed by atoms with Crippen molar-refractivity contribution < 1.29 is 9.59 Å². The number of Topliss-reactive ketones (excluding diaryl/α,β-unsaturated/α-hetero) is 1. The summed E-state index contributed by atoms with van der Waals surface area (Å²) in [6.07, 6.45) is 15.2. The van der Waals surface area contributed by atoms with Crippen LogP contribution in [-0.4, -0.2) is 42.4 Å². The number of nitrogens with one attached hydrogen (secondary N) is 1. The third-order valence-corrected chi connectivity index (χ3v) is 7.18. The second-order valence-electron chi connectivity index (χ2n) is 9.78. The molecule has 0 radical (unpaired) electrons. The van der Waals surface area contributed by atoms with E-state index >= 15 is 0 Å². The van der Waals surface area contributed by atoms with Crippen molar-refractivity contribution in [1.82, 2.24) is 10.2 Å². The van der Waals surface area contributed by atoms with Crippen molar-refractivity contribution in [3.8, 4) is 0 Å². The van der Waals surface area contributed by atoms with Crippen LogP contribution in [0.15, 0.2) is 89.3 Å². The first-order valence-corrected chi connectivity index (χ1v) is 13.1. The zero-order chi connectivity index (χ0) is 25.5. The Morgan fingerprint density at radius 2 is 2.00 bits per heavy atom. The van der Waals surface area contributed by atoms with Crippen molar-refractivity contribution >= 4 is 23.5 Å². The Morgan fingerprint density at radius 3 is 2.75 bits per heavy atom. The van der Waals surface area contributed by atoms with E-state index in [0.717, 1.165) is 37.9 Å². The van der Waals surface area contributed by atoms with Gasteiger partial charge in [0.25, 0.3) is 0 Å². The third kappa shape index (κ3) is 6.20. The van der Waals surface area contributed by atoms with E-state index < -0.39 is 0 Å². The molecule has 3 atom stereocenters. The zero-order valence-electron chi connectivity index (χ0n) is 21.5. The van der Waals surface area contributed by atoms with Crippen LogP contribution in [0, 0.1) is 17.8 Å². The second-order valence-corrected chi connectivity index (χ2v) is 9.78. The summed E-state index contributed by atoms with van der Waals surface area (Å²) in [5.74, 6) is 1.75. The molecule has 2 aliphatic carbocycles. The molecule has 0 spiro atoms. The fourth-order valence-corrected chi connectivity index (χ4v) is 5.05. The van der Waals surface area contributed by atoms with Crippen LogP contribution in [0.25, 0.3) is 5.57 Å². The second kappa shape index (κ2) is 12.0. The van der Waals surface area contributed by atoms with Gasteiger partial charge in [-0.2, -0.15) is 0 Å². The molecule has 1 amide bonds. The number of hydrogen-bond donors (Lipinski definition) is 1. The quantitative estimate of drug-likeness (QED) is 0.272. The molecule has 0 saturated heterocycles. The largest absolute Gasteiger partial charge is 0.356 e. The van der Waals surface area contributed by atoms with Gasteiger partial charge >= 0.3 is 0 Å². The van der Waals surface area contributed by atoms with Gasteiger partial charge in [0.2, 0.25) is 5.91 Å². The number of benzene rings is 1. The van der Waals surface area contributed by atoms with Crippen molar-refractivity contribution in [2.45, 2.75) is 39.5 Å². The predicted molar refractivity (Wildman–Crippen MR) is 147 cm³/mol. The van der Waals surface area contributed by atoms with E-state index in [1.54, 1.807) is 12.3 Å². The number of carbonyl (C=O) groups is 2. The Bertz CT molecular complexity index is 1140. The van der Waals surface area contributed by atoms with Crippen molar-refractivity contribution in [2.24, 2.45) is 22.7 Å². The Balaban J connectivity index is 1.33. The summed E-state index contributed by atoms with van der Waals surface area (Å²) in [4.78, 5) is 31.9. The van der Waals surface area contributed by atoms with Crippen LogP contribution in [0.1, 0.15) is 45.1 Å². The Labute approximate surface area is 215 Å². The Kier molecular flexibility index (Phi) is 8.52. The molecule has 188 valence electrons. The summed E-state index contributed by atoms with van der Waals surface area (Å²) in [7, 11) is 0. The molecule has 1 aromatic carbocycles. The van der Waals surface area contributed by atoms with Gasteiger partial charge in [-0.05, 0) is 49.2 Å². The minimum Gasteiger partial charge on any atom is -0.356 e. The van der Waals surface area contributed by atoms with Crippen LogP contribution in [0.5, 0.6) is 0 Å². The Morgan fingerprint density at radius 1 is 1.19 bits per heavy atom. The molecule has 1 aromatic rings. The number of hydrogen-bond acceptors (Lipinski definition) is 4. The monoisotopic (exact) mass is 483 g/mol. The van der Waals surface area contributed by atoms with Crippen LogP contribution < -0.4 is 5.32 Å². The highest BCUT2D eigenvalue weighted by molar-refractivity contribution is 6.13. The first-order chi connectivity index (χ1) is 17.5. The van der Waals surface area contributed by atoms with Gasteiger partial charge in [-0.25, -0.2) is 4.99 Å². The molecule has 1 saturated carbocycles. The maximum absolute atomic E-state index is 13.0.